The Kier molecular flexibility index (Phi) is 9.70. The van der Waals surface area contributed by atoms with Crippen LogP contribution in [0.5, 0.6) is 0 Å². The average molecular weight is 600 g/mol. The lowest BCUT2D eigenvalue weighted by Gasteiger charge is -2.36. The molecule has 3 saturated carbocycles. The van der Waals surface area contributed by atoms with Crippen molar-refractivity contribution >= 4 is 52.8 Å². The second-order valence-corrected chi connectivity index (χ2v) is 13.1. The fourth-order valence-electron chi connectivity index (χ4n) is 6.58. The van der Waals surface area contributed by atoms with Crippen molar-refractivity contribution in [3.05, 3.63) is 11.8 Å². The Bertz CT molecular complexity index is 1060. The number of rotatable bonds is 9. The smallest absolute Gasteiger partial charge is 0.408 e. The van der Waals surface area contributed by atoms with E-state index in [1.807, 2.05) is 0 Å². The number of nitrogens with one attached hydrogen (secondary N) is 3. The largest absolute Gasteiger partial charge is 0.446 e. The number of alkyl halides is 2. The molecule has 10 nitrogen and oxygen atoms in total. The van der Waals surface area contributed by atoms with Crippen molar-refractivity contribution in [1.29, 1.82) is 0 Å². The first-order valence-corrected chi connectivity index (χ1v) is 15.2. The van der Waals surface area contributed by atoms with Crippen molar-refractivity contribution in [3.63, 3.8) is 0 Å². The lowest BCUT2D eigenvalue weighted by Crippen LogP contribution is -2.58. The Labute approximate surface area is 245 Å². The zero-order valence-electron chi connectivity index (χ0n) is 23.3. The van der Waals surface area contributed by atoms with Crippen molar-refractivity contribution in [2.75, 3.05) is 13.6 Å². The number of hydrogen-bond donors (Lipinski definition) is 3. The van der Waals surface area contributed by atoms with E-state index in [4.69, 9.17) is 27.9 Å². The molecule has 0 aromatic rings. The number of likely N-dealkylation sites (tertiary alicyclic amines) is 1. The van der Waals surface area contributed by atoms with E-state index in [-0.39, 0.29) is 30.2 Å². The zero-order chi connectivity index (χ0) is 29.2. The van der Waals surface area contributed by atoms with E-state index in [9.17, 15) is 24.0 Å². The molecule has 4 fully saturated rings. The lowest BCUT2D eigenvalue weighted by molar-refractivity contribution is -0.142. The summed E-state index contributed by atoms with van der Waals surface area (Å²) in [4.78, 5) is 66.6. The molecule has 4 amide bonds. The predicted octanol–water partition coefficient (Wildman–Crippen LogP) is 3.21. The maximum absolute atomic E-state index is 14.1. The van der Waals surface area contributed by atoms with E-state index in [1.165, 1.54) is 18.0 Å². The number of carbonyl (C=O) groups excluding carboxylic acids is 5. The summed E-state index contributed by atoms with van der Waals surface area (Å²) in [5.41, 5.74) is -0.172. The van der Waals surface area contributed by atoms with Crippen LogP contribution in [0.25, 0.3) is 0 Å². The lowest BCUT2D eigenvalue weighted by atomic mass is 9.83. The summed E-state index contributed by atoms with van der Waals surface area (Å²) in [5.74, 6) is -3.29. The molecule has 6 atom stereocenters. The van der Waals surface area contributed by atoms with Crippen LogP contribution in [0.15, 0.2) is 11.8 Å². The molecule has 0 spiro atoms. The number of halogens is 2. The van der Waals surface area contributed by atoms with Gasteiger partial charge in [0.1, 0.15) is 22.5 Å². The quantitative estimate of drug-likeness (QED) is 0.212. The molecular weight excluding hydrogens is 559 g/mol. The number of fused-ring (bicyclic) bond motifs is 1. The molecule has 2 unspecified atom stereocenters. The summed E-state index contributed by atoms with van der Waals surface area (Å²) in [5, 5.41) is 7.66. The number of carbonyl (C=O) groups is 5. The number of nitrogens with zero attached hydrogens (tertiary/aromatic N) is 1. The van der Waals surface area contributed by atoms with Gasteiger partial charge in [-0.15, -0.1) is 23.2 Å². The van der Waals surface area contributed by atoms with Crippen LogP contribution < -0.4 is 16.0 Å². The standard InChI is InChI=1S/C28H40Cl2N4O6/c1-4-8-19(23(35)25(37)31-3)32-24(36)22-20-18(28(20,29)30)14-34(22)26(38)21(16-9-6-5-7-10-16)33-27(39)40-17-12-11-15(2)13-17/h8,15-18,20-22H,4-7,9-14H2,1-3H3,(H,31,37)(H,32,36)(H,33,39)/t15?,17?,18-,20-,21-,22-/m0/s1. The minimum Gasteiger partial charge on any atom is -0.446 e. The van der Waals surface area contributed by atoms with Crippen molar-refractivity contribution in [3.8, 4) is 0 Å². The molecular formula is C28H40Cl2N4O6. The minimum atomic E-state index is -1.19. The Morgan fingerprint density at radius 1 is 1.07 bits per heavy atom. The summed E-state index contributed by atoms with van der Waals surface area (Å²) in [6.07, 6.45) is 8.11. The Morgan fingerprint density at radius 3 is 2.38 bits per heavy atom. The molecule has 1 saturated heterocycles. The molecule has 0 aromatic carbocycles. The number of Topliss-reactive ketones (excluding diaryl/α,β-unsaturated/α-hetero) is 1. The number of ketones is 1. The van der Waals surface area contributed by atoms with E-state index in [2.05, 4.69) is 22.9 Å². The van der Waals surface area contributed by atoms with Crippen LogP contribution in [0.2, 0.25) is 0 Å². The van der Waals surface area contributed by atoms with Crippen LogP contribution in [0.3, 0.4) is 0 Å². The highest BCUT2D eigenvalue weighted by molar-refractivity contribution is 6.51. The van der Waals surface area contributed by atoms with E-state index >= 15 is 0 Å². The van der Waals surface area contributed by atoms with Gasteiger partial charge in [0.05, 0.1) is 5.70 Å². The fourth-order valence-corrected chi connectivity index (χ4v) is 7.41. The molecule has 0 bridgehead atoms. The van der Waals surface area contributed by atoms with E-state index in [0.717, 1.165) is 51.4 Å². The number of amides is 4. The predicted molar refractivity (Wildman–Crippen MR) is 149 cm³/mol. The number of piperidine rings is 1. The normalized spacial score (nSPS) is 30.2. The monoisotopic (exact) mass is 598 g/mol. The zero-order valence-corrected chi connectivity index (χ0v) is 24.9. The van der Waals surface area contributed by atoms with Crippen molar-refractivity contribution < 1.29 is 28.7 Å². The van der Waals surface area contributed by atoms with Gasteiger partial charge in [0.15, 0.2) is 0 Å². The van der Waals surface area contributed by atoms with Gasteiger partial charge in [0.2, 0.25) is 11.8 Å². The molecule has 40 heavy (non-hydrogen) atoms. The first-order chi connectivity index (χ1) is 19.0. The number of allylic oxidation sites excluding steroid dienone is 1. The van der Waals surface area contributed by atoms with Gasteiger partial charge in [-0.3, -0.25) is 19.2 Å². The Hall–Kier alpha value is -2.33. The number of alkyl carbamates (subject to hydrolysis) is 1. The first-order valence-electron chi connectivity index (χ1n) is 14.4. The van der Waals surface area contributed by atoms with Gasteiger partial charge >= 0.3 is 6.09 Å². The summed E-state index contributed by atoms with van der Waals surface area (Å²) in [6, 6.07) is -1.93. The van der Waals surface area contributed by atoms with Crippen LogP contribution in [0.1, 0.15) is 71.6 Å². The van der Waals surface area contributed by atoms with Gasteiger partial charge in [-0.1, -0.05) is 39.2 Å². The van der Waals surface area contributed by atoms with E-state index in [0.29, 0.717) is 12.3 Å². The van der Waals surface area contributed by atoms with E-state index < -0.39 is 51.9 Å². The fraction of sp³-hybridized carbons (Fsp3) is 0.750. The molecule has 3 N–H and O–H groups in total. The van der Waals surface area contributed by atoms with Gasteiger partial charge in [-0.05, 0) is 50.4 Å². The molecule has 4 aliphatic rings. The van der Waals surface area contributed by atoms with E-state index in [1.54, 1.807) is 6.92 Å². The molecule has 1 heterocycles. The van der Waals surface area contributed by atoms with Crippen LogP contribution in [-0.2, 0) is 23.9 Å². The molecule has 12 heteroatoms. The Morgan fingerprint density at radius 2 is 1.77 bits per heavy atom. The van der Waals surface area contributed by atoms with Crippen molar-refractivity contribution in [1.82, 2.24) is 20.9 Å². The molecule has 0 aromatic heterocycles. The molecule has 4 rings (SSSR count). The van der Waals surface area contributed by atoms with Crippen molar-refractivity contribution in [2.45, 2.75) is 94.2 Å². The maximum Gasteiger partial charge on any atom is 0.408 e. The average Bonchev–Trinajstić information content (AvgIpc) is 3.28. The van der Waals surface area contributed by atoms with Gasteiger partial charge in [0, 0.05) is 25.4 Å². The second kappa shape index (κ2) is 12.7. The van der Waals surface area contributed by atoms with Crippen molar-refractivity contribution in [2.24, 2.45) is 23.7 Å². The third-order valence-corrected chi connectivity index (χ3v) is 9.87. The van der Waals surface area contributed by atoms with Gasteiger partial charge in [-0.2, -0.15) is 0 Å². The number of ether oxygens (including phenoxy) is 1. The SMILES string of the molecule is CCC=C(NC(=O)[C@@H]1[C@@H]2[C@H](CN1C(=O)[C@@H](NC(=O)OC1CCC(C)C1)C1CCCCC1)C2(Cl)Cl)C(=O)C(=O)NC. The second-order valence-electron chi connectivity index (χ2n) is 11.6. The highest BCUT2D eigenvalue weighted by Gasteiger charge is 2.74. The summed E-state index contributed by atoms with van der Waals surface area (Å²) < 4.78 is 4.48. The molecule has 1 aliphatic heterocycles. The maximum atomic E-state index is 14.1. The first kappa shape index (κ1) is 30.6. The minimum absolute atomic E-state index is 0.0981. The van der Waals surface area contributed by atoms with Gasteiger partial charge in [0.25, 0.3) is 11.7 Å². The topological polar surface area (TPSA) is 134 Å². The van der Waals surface area contributed by atoms with Crippen LogP contribution in [0.4, 0.5) is 4.79 Å². The molecule has 0 radical (unpaired) electrons. The third-order valence-electron chi connectivity index (χ3n) is 8.81. The van der Waals surface area contributed by atoms with Gasteiger partial charge < -0.3 is 25.6 Å². The highest BCUT2D eigenvalue weighted by atomic mass is 35.5. The van der Waals surface area contributed by atoms with Crippen LogP contribution in [-0.4, -0.2) is 70.6 Å². The third kappa shape index (κ3) is 6.43. The summed E-state index contributed by atoms with van der Waals surface area (Å²) in [6.45, 7) is 4.03. The number of hydrogen-bond acceptors (Lipinski definition) is 6. The summed E-state index contributed by atoms with van der Waals surface area (Å²) in [7, 11) is 1.32. The van der Waals surface area contributed by atoms with Crippen LogP contribution >= 0.6 is 23.2 Å². The number of likely N-dealkylation sites (N-methyl/N-ethyl adjacent to an activating group) is 1. The molecule has 3 aliphatic carbocycles. The molecule has 222 valence electrons. The van der Waals surface area contributed by atoms with Gasteiger partial charge in [-0.25, -0.2) is 4.79 Å². The summed E-state index contributed by atoms with van der Waals surface area (Å²) >= 11 is 13.0. The highest BCUT2D eigenvalue weighted by Crippen LogP contribution is 2.65. The Balaban J connectivity index is 1.54. The van der Waals surface area contributed by atoms with Crippen LogP contribution in [0, 0.1) is 23.7 Å².